The van der Waals surface area contributed by atoms with Crippen molar-refractivity contribution in [1.29, 1.82) is 0 Å². The molecule has 9 atom stereocenters. The van der Waals surface area contributed by atoms with Gasteiger partial charge >= 0.3 is 5.97 Å². The Morgan fingerprint density at radius 1 is 0.918 bits per heavy atom. The van der Waals surface area contributed by atoms with Crippen LogP contribution in [0.4, 0.5) is 5.13 Å². The molecular formula is C43H54N2O2S2. The zero-order valence-corrected chi connectivity index (χ0v) is 31.9. The second-order valence-corrected chi connectivity index (χ2v) is 19.7. The zero-order valence-electron chi connectivity index (χ0n) is 30.3. The highest BCUT2D eigenvalue weighted by Crippen LogP contribution is 2.77. The minimum atomic E-state index is -0.860. The number of nitrogens with zero attached hydrogens (tertiary/aromatic N) is 1. The number of thiophene rings is 1. The molecule has 4 nitrogen and oxygen atoms in total. The van der Waals surface area contributed by atoms with Crippen molar-refractivity contribution >= 4 is 39.3 Å². The standard InChI is InChI=1S/C43H54N2O2S2/c1-26(2)29-16-21-43(45-38-44-32(25-49-38)33-9-8-24-48-33)23-22-41(6)31(36(29)43)14-15-35-40(5)19-17-30(27-10-12-28(13-11-27)37(46)47)39(3,4)34(40)18-20-42(35,41)7/h8-13,17,24-25,29,31,34-36H,1,14-16,18-23H2,2-7H3,(H,44,45)(H,46,47). The number of benzene rings is 1. The van der Waals surface area contributed by atoms with Crippen molar-refractivity contribution in [3.05, 3.63) is 76.5 Å². The maximum Gasteiger partial charge on any atom is 0.335 e. The number of aromatic carboxylic acids is 1. The van der Waals surface area contributed by atoms with Crippen LogP contribution in [0, 0.1) is 51.2 Å². The second kappa shape index (κ2) is 11.4. The SMILES string of the molecule is C=C(C)C1CCC2(Nc3nc(-c4cccs4)cs3)CCC3(C)C(CCC4C5(C)CC=C(c6ccc(C(=O)O)cc6)C(C)(C)C5CCC43C)C12. The number of fused-ring (bicyclic) bond motifs is 7. The van der Waals surface area contributed by atoms with Gasteiger partial charge in [0.05, 0.1) is 16.1 Å². The molecule has 4 fully saturated rings. The maximum absolute atomic E-state index is 11.6. The number of carbonyl (C=O) groups is 1. The summed E-state index contributed by atoms with van der Waals surface area (Å²) in [5.41, 5.74) is 6.35. The monoisotopic (exact) mass is 694 g/mol. The quantitative estimate of drug-likeness (QED) is 0.252. The van der Waals surface area contributed by atoms with Crippen LogP contribution < -0.4 is 5.32 Å². The summed E-state index contributed by atoms with van der Waals surface area (Å²) >= 11 is 3.55. The summed E-state index contributed by atoms with van der Waals surface area (Å²) in [6, 6.07) is 11.9. The van der Waals surface area contributed by atoms with Crippen LogP contribution in [0.25, 0.3) is 16.1 Å². The van der Waals surface area contributed by atoms with E-state index in [1.165, 1.54) is 73.0 Å². The molecule has 2 N–H and O–H groups in total. The number of hydrogen-bond acceptors (Lipinski definition) is 5. The largest absolute Gasteiger partial charge is 0.478 e. The van der Waals surface area contributed by atoms with Crippen LogP contribution in [0.3, 0.4) is 0 Å². The van der Waals surface area contributed by atoms with Crippen LogP contribution in [-0.4, -0.2) is 21.6 Å². The molecule has 8 rings (SSSR count). The number of aromatic nitrogens is 1. The van der Waals surface area contributed by atoms with Crippen molar-refractivity contribution < 1.29 is 9.90 Å². The second-order valence-electron chi connectivity index (χ2n) is 17.9. The van der Waals surface area contributed by atoms with Gasteiger partial charge in [-0.05, 0) is 151 Å². The molecule has 3 aromatic rings. The lowest BCUT2D eigenvalue weighted by molar-refractivity contribution is -0.216. The molecule has 0 aliphatic heterocycles. The molecule has 0 bridgehead atoms. The average Bonchev–Trinajstić information content (AvgIpc) is 3.82. The van der Waals surface area contributed by atoms with Gasteiger partial charge in [0.2, 0.25) is 0 Å². The van der Waals surface area contributed by atoms with Gasteiger partial charge in [-0.1, -0.05) is 71.0 Å². The van der Waals surface area contributed by atoms with E-state index in [-0.39, 0.29) is 27.2 Å². The molecule has 260 valence electrons. The summed E-state index contributed by atoms with van der Waals surface area (Å²) in [5, 5.41) is 19.2. The Hall–Kier alpha value is -2.70. The van der Waals surface area contributed by atoms with Crippen LogP contribution >= 0.6 is 22.7 Å². The smallest absolute Gasteiger partial charge is 0.335 e. The Labute approximate surface area is 301 Å². The van der Waals surface area contributed by atoms with E-state index in [0.717, 1.165) is 17.2 Å². The summed E-state index contributed by atoms with van der Waals surface area (Å²) in [5.74, 6) is 2.24. The fourth-order valence-electron chi connectivity index (χ4n) is 13.3. The van der Waals surface area contributed by atoms with Gasteiger partial charge in [0.25, 0.3) is 0 Å². The van der Waals surface area contributed by atoms with Crippen molar-refractivity contribution in [3.8, 4) is 10.6 Å². The van der Waals surface area contributed by atoms with Crippen molar-refractivity contribution in [3.63, 3.8) is 0 Å². The fraction of sp³-hybridized carbons (Fsp3) is 0.581. The van der Waals surface area contributed by atoms with E-state index in [2.05, 4.69) is 82.4 Å². The summed E-state index contributed by atoms with van der Waals surface area (Å²) in [7, 11) is 0. The topological polar surface area (TPSA) is 62.2 Å². The summed E-state index contributed by atoms with van der Waals surface area (Å²) in [6.45, 7) is 20.0. The highest BCUT2D eigenvalue weighted by Gasteiger charge is 2.70. The number of carboxylic acids is 1. The van der Waals surface area contributed by atoms with Crippen molar-refractivity contribution in [2.24, 2.45) is 51.2 Å². The van der Waals surface area contributed by atoms with Crippen LogP contribution in [-0.2, 0) is 0 Å². The summed E-state index contributed by atoms with van der Waals surface area (Å²) in [4.78, 5) is 18.0. The lowest BCUT2D eigenvalue weighted by atomic mass is 9.33. The minimum Gasteiger partial charge on any atom is -0.478 e. The van der Waals surface area contributed by atoms with E-state index >= 15 is 0 Å². The summed E-state index contributed by atoms with van der Waals surface area (Å²) < 4.78 is 0. The molecule has 4 saturated carbocycles. The molecule has 1 aromatic carbocycles. The van der Waals surface area contributed by atoms with Gasteiger partial charge in [-0.3, -0.25) is 0 Å². The van der Waals surface area contributed by atoms with E-state index in [4.69, 9.17) is 4.98 Å². The normalized spacial score (nSPS) is 39.1. The highest BCUT2D eigenvalue weighted by molar-refractivity contribution is 7.16. The van der Waals surface area contributed by atoms with Crippen molar-refractivity contribution in [2.45, 2.75) is 105 Å². The molecule has 5 aliphatic rings. The lowest BCUT2D eigenvalue weighted by Crippen LogP contribution is -2.67. The van der Waals surface area contributed by atoms with Gasteiger partial charge in [0.1, 0.15) is 0 Å². The molecule has 6 heteroatoms. The Balaban J connectivity index is 1.11. The predicted octanol–water partition coefficient (Wildman–Crippen LogP) is 12.1. The molecule has 0 amide bonds. The number of allylic oxidation sites excluding steroid dienone is 3. The molecule has 49 heavy (non-hydrogen) atoms. The van der Waals surface area contributed by atoms with E-state index in [1.807, 2.05) is 12.1 Å². The molecule has 2 heterocycles. The molecule has 0 spiro atoms. The predicted molar refractivity (Wildman–Crippen MR) is 205 cm³/mol. The van der Waals surface area contributed by atoms with Crippen molar-refractivity contribution in [1.82, 2.24) is 4.98 Å². The van der Waals surface area contributed by atoms with Crippen LogP contribution in [0.15, 0.2) is 65.4 Å². The number of rotatable bonds is 6. The Morgan fingerprint density at radius 3 is 2.39 bits per heavy atom. The fourth-order valence-corrected chi connectivity index (χ4v) is 14.9. The Kier molecular flexibility index (Phi) is 7.78. The number of thiazole rings is 1. The van der Waals surface area contributed by atoms with Gasteiger partial charge in [-0.2, -0.15) is 0 Å². The van der Waals surface area contributed by atoms with E-state index in [1.54, 1.807) is 34.8 Å². The molecule has 5 aliphatic carbocycles. The maximum atomic E-state index is 11.6. The number of anilines is 1. The van der Waals surface area contributed by atoms with Crippen molar-refractivity contribution in [2.75, 3.05) is 5.32 Å². The van der Waals surface area contributed by atoms with Crippen LogP contribution in [0.5, 0.6) is 0 Å². The third-order valence-electron chi connectivity index (χ3n) is 15.7. The van der Waals surface area contributed by atoms with Crippen LogP contribution in [0.2, 0.25) is 0 Å². The Bertz CT molecular complexity index is 1800. The Morgan fingerprint density at radius 2 is 1.69 bits per heavy atom. The molecule has 2 aromatic heterocycles. The molecule has 0 radical (unpaired) electrons. The minimum absolute atomic E-state index is 0.0225. The first-order valence-corrected chi connectivity index (χ1v) is 20.5. The highest BCUT2D eigenvalue weighted by atomic mass is 32.1. The molecule has 9 unspecified atom stereocenters. The lowest BCUT2D eigenvalue weighted by Gasteiger charge is -2.72. The van der Waals surface area contributed by atoms with Gasteiger partial charge in [0, 0.05) is 10.9 Å². The molecular weight excluding hydrogens is 641 g/mol. The van der Waals surface area contributed by atoms with E-state index in [0.29, 0.717) is 35.2 Å². The number of hydrogen-bond donors (Lipinski definition) is 2. The molecule has 0 saturated heterocycles. The van der Waals surface area contributed by atoms with E-state index in [9.17, 15) is 9.90 Å². The van der Waals surface area contributed by atoms with Gasteiger partial charge < -0.3 is 10.4 Å². The van der Waals surface area contributed by atoms with E-state index < -0.39 is 5.97 Å². The summed E-state index contributed by atoms with van der Waals surface area (Å²) in [6.07, 6.45) is 13.8. The first-order valence-electron chi connectivity index (χ1n) is 18.7. The third-order valence-corrected chi connectivity index (χ3v) is 17.4. The van der Waals surface area contributed by atoms with Crippen LogP contribution in [0.1, 0.15) is 115 Å². The zero-order chi connectivity index (χ0) is 34.6. The number of carboxylic acid groups (broad SMARTS) is 1. The number of nitrogens with one attached hydrogen (secondary N) is 1. The van der Waals surface area contributed by atoms with Gasteiger partial charge in [-0.15, -0.1) is 22.7 Å². The first-order chi connectivity index (χ1) is 23.2. The first kappa shape index (κ1) is 33.4. The average molecular weight is 695 g/mol. The van der Waals surface area contributed by atoms with Gasteiger partial charge in [0.15, 0.2) is 5.13 Å². The van der Waals surface area contributed by atoms with Gasteiger partial charge in [-0.25, -0.2) is 9.78 Å². The third kappa shape index (κ3) is 4.78.